The highest BCUT2D eigenvalue weighted by Gasteiger charge is 2.13. The van der Waals surface area contributed by atoms with Gasteiger partial charge in [0, 0.05) is 6.20 Å². The number of halogens is 1. The SMILES string of the molecule is CC(O)c1cccc(F)c1Sc1ccccn1. The van der Waals surface area contributed by atoms with Gasteiger partial charge in [0.1, 0.15) is 10.8 Å². The fraction of sp³-hybridized carbons (Fsp3) is 0.154. The van der Waals surface area contributed by atoms with Crippen LogP contribution in [0.5, 0.6) is 0 Å². The third kappa shape index (κ3) is 2.84. The van der Waals surface area contributed by atoms with Gasteiger partial charge in [-0.1, -0.05) is 30.0 Å². The van der Waals surface area contributed by atoms with E-state index in [1.165, 1.54) is 17.8 Å². The number of aromatic nitrogens is 1. The lowest BCUT2D eigenvalue weighted by molar-refractivity contribution is 0.195. The molecule has 0 fully saturated rings. The zero-order valence-corrected chi connectivity index (χ0v) is 10.1. The van der Waals surface area contributed by atoms with E-state index >= 15 is 0 Å². The quantitative estimate of drug-likeness (QED) is 0.904. The van der Waals surface area contributed by atoms with Gasteiger partial charge in [-0.2, -0.15) is 0 Å². The monoisotopic (exact) mass is 249 g/mol. The lowest BCUT2D eigenvalue weighted by atomic mass is 10.1. The van der Waals surface area contributed by atoms with E-state index in [9.17, 15) is 9.50 Å². The molecular weight excluding hydrogens is 237 g/mol. The second kappa shape index (κ2) is 5.29. The summed E-state index contributed by atoms with van der Waals surface area (Å²) in [6, 6.07) is 10.2. The minimum absolute atomic E-state index is 0.334. The van der Waals surface area contributed by atoms with Gasteiger partial charge in [0.05, 0.1) is 11.0 Å². The molecule has 0 aliphatic heterocycles. The van der Waals surface area contributed by atoms with Gasteiger partial charge in [-0.05, 0) is 30.7 Å². The van der Waals surface area contributed by atoms with Crippen LogP contribution in [0.2, 0.25) is 0 Å². The molecule has 1 N–H and O–H groups in total. The van der Waals surface area contributed by atoms with E-state index in [-0.39, 0.29) is 5.82 Å². The summed E-state index contributed by atoms with van der Waals surface area (Å²) in [6.07, 6.45) is 0.961. The Morgan fingerprint density at radius 3 is 2.71 bits per heavy atom. The molecule has 0 radical (unpaired) electrons. The van der Waals surface area contributed by atoms with E-state index in [4.69, 9.17) is 0 Å². The number of benzene rings is 1. The normalized spacial score (nSPS) is 12.4. The largest absolute Gasteiger partial charge is 0.389 e. The number of nitrogens with zero attached hydrogens (tertiary/aromatic N) is 1. The van der Waals surface area contributed by atoms with Gasteiger partial charge in [-0.15, -0.1) is 0 Å². The number of hydrogen-bond donors (Lipinski definition) is 1. The fourth-order valence-electron chi connectivity index (χ4n) is 1.47. The van der Waals surface area contributed by atoms with Crippen LogP contribution in [0, 0.1) is 5.82 Å². The first-order valence-electron chi connectivity index (χ1n) is 5.24. The van der Waals surface area contributed by atoms with Crippen LogP contribution in [0.1, 0.15) is 18.6 Å². The van der Waals surface area contributed by atoms with Crippen molar-refractivity contribution in [3.05, 3.63) is 54.0 Å². The Hall–Kier alpha value is -1.39. The molecule has 88 valence electrons. The molecule has 0 saturated carbocycles. The van der Waals surface area contributed by atoms with Crippen molar-refractivity contribution >= 4 is 11.8 Å². The number of rotatable bonds is 3. The maximum Gasteiger partial charge on any atom is 0.137 e. The van der Waals surface area contributed by atoms with Crippen LogP contribution in [0.4, 0.5) is 4.39 Å². The van der Waals surface area contributed by atoms with Crippen molar-refractivity contribution in [3.8, 4) is 0 Å². The van der Waals surface area contributed by atoms with Gasteiger partial charge >= 0.3 is 0 Å². The molecule has 1 heterocycles. The molecule has 2 aromatic rings. The van der Waals surface area contributed by atoms with Crippen molar-refractivity contribution in [3.63, 3.8) is 0 Å². The molecule has 1 aromatic carbocycles. The molecule has 1 aromatic heterocycles. The first-order chi connectivity index (χ1) is 8.18. The summed E-state index contributed by atoms with van der Waals surface area (Å²) < 4.78 is 13.7. The van der Waals surface area contributed by atoms with Crippen LogP contribution in [0.3, 0.4) is 0 Å². The molecule has 0 spiro atoms. The van der Waals surface area contributed by atoms with Crippen molar-refractivity contribution < 1.29 is 9.50 Å². The topological polar surface area (TPSA) is 33.1 Å². The predicted molar refractivity (Wildman–Crippen MR) is 65.4 cm³/mol. The predicted octanol–water partition coefficient (Wildman–Crippen LogP) is 3.43. The molecule has 1 unspecified atom stereocenters. The average Bonchev–Trinajstić information content (AvgIpc) is 2.33. The van der Waals surface area contributed by atoms with Crippen molar-refractivity contribution in [1.82, 2.24) is 4.98 Å². The molecule has 17 heavy (non-hydrogen) atoms. The van der Waals surface area contributed by atoms with Gasteiger partial charge in [-0.25, -0.2) is 9.37 Å². The maximum atomic E-state index is 13.7. The van der Waals surface area contributed by atoms with Crippen molar-refractivity contribution in [2.75, 3.05) is 0 Å². The molecule has 2 rings (SSSR count). The van der Waals surface area contributed by atoms with E-state index < -0.39 is 6.10 Å². The van der Waals surface area contributed by atoms with Crippen molar-refractivity contribution in [2.24, 2.45) is 0 Å². The van der Waals surface area contributed by atoms with Crippen LogP contribution in [-0.2, 0) is 0 Å². The second-order valence-electron chi connectivity index (χ2n) is 3.60. The molecule has 0 bridgehead atoms. The molecule has 0 aliphatic rings. The molecule has 0 amide bonds. The third-order valence-electron chi connectivity index (χ3n) is 2.29. The number of aliphatic hydroxyl groups is 1. The summed E-state index contributed by atoms with van der Waals surface area (Å²) in [4.78, 5) is 4.56. The first-order valence-corrected chi connectivity index (χ1v) is 6.05. The van der Waals surface area contributed by atoms with Crippen LogP contribution in [-0.4, -0.2) is 10.1 Å². The lowest BCUT2D eigenvalue weighted by Crippen LogP contribution is -1.96. The lowest BCUT2D eigenvalue weighted by Gasteiger charge is -2.11. The molecule has 4 heteroatoms. The Morgan fingerprint density at radius 2 is 2.06 bits per heavy atom. The molecule has 1 atom stereocenters. The van der Waals surface area contributed by atoms with E-state index in [1.54, 1.807) is 31.3 Å². The Balaban J connectivity index is 2.38. The summed E-state index contributed by atoms with van der Waals surface area (Å²) in [7, 11) is 0. The smallest absolute Gasteiger partial charge is 0.137 e. The molecular formula is C13H12FNOS. The highest BCUT2D eigenvalue weighted by molar-refractivity contribution is 7.99. The minimum Gasteiger partial charge on any atom is -0.389 e. The van der Waals surface area contributed by atoms with Gasteiger partial charge in [0.2, 0.25) is 0 Å². The summed E-state index contributed by atoms with van der Waals surface area (Å²) >= 11 is 1.22. The van der Waals surface area contributed by atoms with Crippen LogP contribution in [0.15, 0.2) is 52.5 Å². The fourth-order valence-corrected chi connectivity index (χ4v) is 2.47. The first kappa shape index (κ1) is 12.1. The molecule has 2 nitrogen and oxygen atoms in total. The van der Waals surface area contributed by atoms with Gasteiger partial charge in [-0.3, -0.25) is 0 Å². The van der Waals surface area contributed by atoms with Crippen LogP contribution < -0.4 is 0 Å². The zero-order chi connectivity index (χ0) is 12.3. The number of pyridine rings is 1. The highest BCUT2D eigenvalue weighted by atomic mass is 32.2. The summed E-state index contributed by atoms with van der Waals surface area (Å²) in [5.74, 6) is -0.334. The molecule has 0 saturated heterocycles. The maximum absolute atomic E-state index is 13.7. The van der Waals surface area contributed by atoms with Crippen molar-refractivity contribution in [2.45, 2.75) is 22.9 Å². The third-order valence-corrected chi connectivity index (χ3v) is 3.38. The standard InChI is InChI=1S/C13H12FNOS/c1-9(16)10-5-4-6-11(14)13(10)17-12-7-2-3-8-15-12/h2-9,16H,1H3. The van der Waals surface area contributed by atoms with Crippen LogP contribution in [0.25, 0.3) is 0 Å². The van der Waals surface area contributed by atoms with E-state index in [0.29, 0.717) is 15.5 Å². The zero-order valence-electron chi connectivity index (χ0n) is 9.30. The second-order valence-corrected chi connectivity index (χ2v) is 4.63. The average molecular weight is 249 g/mol. The van der Waals surface area contributed by atoms with Crippen LogP contribution >= 0.6 is 11.8 Å². The Morgan fingerprint density at radius 1 is 1.24 bits per heavy atom. The van der Waals surface area contributed by atoms with Crippen molar-refractivity contribution in [1.29, 1.82) is 0 Å². The van der Waals surface area contributed by atoms with E-state index in [0.717, 1.165) is 0 Å². The van der Waals surface area contributed by atoms with Gasteiger partial charge in [0.15, 0.2) is 0 Å². The Labute approximate surface area is 104 Å². The number of hydrogen-bond acceptors (Lipinski definition) is 3. The van der Waals surface area contributed by atoms with Gasteiger partial charge in [0.25, 0.3) is 0 Å². The minimum atomic E-state index is -0.697. The number of aliphatic hydroxyl groups excluding tert-OH is 1. The van der Waals surface area contributed by atoms with E-state index in [1.807, 2.05) is 12.1 Å². The summed E-state index contributed by atoms with van der Waals surface area (Å²) in [5, 5.41) is 10.3. The summed E-state index contributed by atoms with van der Waals surface area (Å²) in [6.45, 7) is 1.62. The highest BCUT2D eigenvalue weighted by Crippen LogP contribution is 2.34. The Bertz CT molecular complexity index is 502. The van der Waals surface area contributed by atoms with E-state index in [2.05, 4.69) is 4.98 Å². The Kier molecular flexibility index (Phi) is 3.76. The van der Waals surface area contributed by atoms with Gasteiger partial charge < -0.3 is 5.11 Å². The molecule has 0 aliphatic carbocycles. The summed E-state index contributed by atoms with van der Waals surface area (Å²) in [5.41, 5.74) is 0.584.